The van der Waals surface area contributed by atoms with Crippen LogP contribution in [0.15, 0.2) is 75.4 Å². The largest absolute Gasteiger partial charge is 0.481 e. The second-order valence-corrected chi connectivity index (χ2v) is 11.8. The molecule has 1 fully saturated rings. The Bertz CT molecular complexity index is 1170. The number of benzene rings is 3. The predicted molar refractivity (Wildman–Crippen MR) is 139 cm³/mol. The molecule has 5 heteroatoms. The Hall–Kier alpha value is -2.92. The highest BCUT2D eigenvalue weighted by Gasteiger charge is 2.41. The molecule has 1 aliphatic carbocycles. The van der Waals surface area contributed by atoms with Crippen molar-refractivity contribution >= 4 is 16.9 Å². The zero-order chi connectivity index (χ0) is 24.6. The maximum absolute atomic E-state index is 12.7. The quantitative estimate of drug-likeness (QED) is 0.209. The number of ether oxygens (including phenoxy) is 3. The topological polar surface area (TPSA) is 44.8 Å². The molecule has 0 atom stereocenters. The zero-order valence-electron chi connectivity index (χ0n) is 20.9. The molecular weight excluding hydrogens is 456 g/mol. The van der Waals surface area contributed by atoms with Crippen molar-refractivity contribution in [3.63, 3.8) is 0 Å². The van der Waals surface area contributed by atoms with Gasteiger partial charge in [0.25, 0.3) is 0 Å². The third kappa shape index (κ3) is 4.54. The van der Waals surface area contributed by atoms with Crippen LogP contribution in [0.25, 0.3) is 0 Å². The van der Waals surface area contributed by atoms with Gasteiger partial charge in [-0.25, -0.2) is 4.79 Å². The Morgan fingerprint density at radius 2 is 1.49 bits per heavy atom. The zero-order valence-corrected chi connectivity index (χ0v) is 21.7. The van der Waals surface area contributed by atoms with Crippen LogP contribution in [0.3, 0.4) is 0 Å². The Morgan fingerprint density at radius 3 is 2.03 bits per heavy atom. The van der Waals surface area contributed by atoms with Crippen LogP contribution in [0.1, 0.15) is 50.7 Å². The summed E-state index contributed by atoms with van der Waals surface area (Å²) in [5.41, 5.74) is 1.70. The van der Waals surface area contributed by atoms with Crippen LogP contribution in [0.5, 0.6) is 17.2 Å². The minimum Gasteiger partial charge on any atom is -0.481 e. The highest BCUT2D eigenvalue weighted by Crippen LogP contribution is 2.47. The van der Waals surface area contributed by atoms with E-state index >= 15 is 0 Å². The van der Waals surface area contributed by atoms with Crippen LogP contribution in [-0.4, -0.2) is 18.2 Å². The van der Waals surface area contributed by atoms with Crippen molar-refractivity contribution in [2.45, 2.75) is 73.7 Å². The van der Waals surface area contributed by atoms with Gasteiger partial charge in [-0.05, 0) is 80.8 Å². The number of hydrogen-bond acceptors (Lipinski definition) is 4. The molecule has 1 heterocycles. The molecular formula is C30H33O4S+. The van der Waals surface area contributed by atoms with Crippen molar-refractivity contribution in [2.75, 3.05) is 6.61 Å². The summed E-state index contributed by atoms with van der Waals surface area (Å²) in [5, 5.41) is 0. The molecule has 3 aromatic rings. The third-order valence-electron chi connectivity index (χ3n) is 7.18. The lowest BCUT2D eigenvalue weighted by molar-refractivity contribution is -0.166. The summed E-state index contributed by atoms with van der Waals surface area (Å²) in [7, 11) is -0.286. The predicted octanol–water partition coefficient (Wildman–Crippen LogP) is 7.40. The number of hydrogen-bond donors (Lipinski definition) is 0. The van der Waals surface area contributed by atoms with Gasteiger partial charge in [0, 0.05) is 12.1 Å². The summed E-state index contributed by atoms with van der Waals surface area (Å²) in [6, 6.07) is 20.9. The van der Waals surface area contributed by atoms with Gasteiger partial charge in [0.1, 0.15) is 22.2 Å². The fourth-order valence-corrected chi connectivity index (χ4v) is 7.70. The van der Waals surface area contributed by atoms with Gasteiger partial charge in [0.15, 0.2) is 23.0 Å². The Kier molecular flexibility index (Phi) is 6.54. The number of carbonyl (C=O) groups excluding carboxylic acids is 1. The second kappa shape index (κ2) is 9.62. The first kappa shape index (κ1) is 23.8. The van der Waals surface area contributed by atoms with Crippen LogP contribution in [0.2, 0.25) is 0 Å². The molecule has 0 spiro atoms. The molecule has 3 aromatic carbocycles. The van der Waals surface area contributed by atoms with Crippen LogP contribution in [0, 0.1) is 19.8 Å². The van der Waals surface area contributed by atoms with Gasteiger partial charge in [0.05, 0.1) is 0 Å². The molecule has 1 aliphatic heterocycles. The van der Waals surface area contributed by atoms with Crippen molar-refractivity contribution in [1.82, 2.24) is 0 Å². The minimum atomic E-state index is -0.334. The van der Waals surface area contributed by atoms with Crippen molar-refractivity contribution < 1.29 is 19.0 Å². The molecule has 182 valence electrons. The minimum absolute atomic E-state index is 0.0687. The van der Waals surface area contributed by atoms with Crippen molar-refractivity contribution in [2.24, 2.45) is 5.92 Å². The van der Waals surface area contributed by atoms with E-state index in [0.717, 1.165) is 54.1 Å². The number of para-hydroxylation sites is 2. The average Bonchev–Trinajstić information content (AvgIpc) is 3.31. The molecule has 0 unspecified atom stereocenters. The van der Waals surface area contributed by atoms with E-state index in [4.69, 9.17) is 14.2 Å². The maximum atomic E-state index is 12.7. The summed E-state index contributed by atoms with van der Waals surface area (Å²) < 4.78 is 18.2. The van der Waals surface area contributed by atoms with Gasteiger partial charge < -0.3 is 14.2 Å². The number of carbonyl (C=O) groups is 1. The number of fused-ring (bicyclic) bond motifs is 2. The fraction of sp³-hybridized carbons (Fsp3) is 0.367. The highest BCUT2D eigenvalue weighted by atomic mass is 32.2. The highest BCUT2D eigenvalue weighted by molar-refractivity contribution is 7.97. The lowest BCUT2D eigenvalue weighted by Crippen LogP contribution is -2.39. The van der Waals surface area contributed by atoms with E-state index < -0.39 is 0 Å². The fourth-order valence-electron chi connectivity index (χ4n) is 5.31. The first-order valence-electron chi connectivity index (χ1n) is 12.4. The molecule has 35 heavy (non-hydrogen) atoms. The number of aryl methyl sites for hydroxylation is 2. The first-order valence-corrected chi connectivity index (χ1v) is 13.7. The molecule has 5 rings (SSSR count). The summed E-state index contributed by atoms with van der Waals surface area (Å²) in [4.78, 5) is 16.3. The van der Waals surface area contributed by atoms with Gasteiger partial charge in [0.2, 0.25) is 9.79 Å². The normalized spacial score (nSPS) is 16.4. The van der Waals surface area contributed by atoms with Crippen LogP contribution < -0.4 is 9.47 Å². The maximum Gasteiger partial charge on any atom is 0.344 e. The Balaban J connectivity index is 1.39. The molecule has 0 bridgehead atoms. The molecule has 0 N–H and O–H groups in total. The molecule has 0 saturated heterocycles. The standard InChI is InChI=1S/C30H33O4S/c1-20(2)30(15-9-10-16-30)34-28(31)19-32-29-21(3)17-23(18-22(29)4)35-26-13-7-5-11-24(26)33-25-12-6-8-14-27(25)35/h5-8,11-14,17-18,20H,9-10,15-16,19H2,1-4H3/q+1. The van der Waals surface area contributed by atoms with E-state index in [9.17, 15) is 4.79 Å². The van der Waals surface area contributed by atoms with Crippen LogP contribution in [-0.2, 0) is 20.4 Å². The number of rotatable bonds is 6. The summed E-state index contributed by atoms with van der Waals surface area (Å²) in [6.45, 7) is 8.30. The molecule has 0 amide bonds. The van der Waals surface area contributed by atoms with E-state index in [-0.39, 0.29) is 29.1 Å². The second-order valence-electron chi connectivity index (χ2n) is 9.88. The van der Waals surface area contributed by atoms with Crippen molar-refractivity contribution in [3.8, 4) is 17.2 Å². The summed E-state index contributed by atoms with van der Waals surface area (Å²) in [5.74, 6) is 2.59. The molecule has 0 aromatic heterocycles. The average molecular weight is 490 g/mol. The Morgan fingerprint density at radius 1 is 0.943 bits per heavy atom. The smallest absolute Gasteiger partial charge is 0.344 e. The molecule has 4 nitrogen and oxygen atoms in total. The molecule has 2 aliphatic rings. The molecule has 1 saturated carbocycles. The first-order chi connectivity index (χ1) is 16.9. The van der Waals surface area contributed by atoms with E-state index in [1.807, 2.05) is 38.1 Å². The van der Waals surface area contributed by atoms with Gasteiger partial charge in [-0.2, -0.15) is 0 Å². The van der Waals surface area contributed by atoms with Gasteiger partial charge in [-0.1, -0.05) is 38.1 Å². The van der Waals surface area contributed by atoms with E-state index in [2.05, 4.69) is 50.2 Å². The van der Waals surface area contributed by atoms with Crippen LogP contribution >= 0.6 is 0 Å². The monoisotopic (exact) mass is 489 g/mol. The lowest BCUT2D eigenvalue weighted by atomic mass is 9.88. The van der Waals surface area contributed by atoms with Gasteiger partial charge in [-0.3, -0.25) is 0 Å². The van der Waals surface area contributed by atoms with Crippen molar-refractivity contribution in [1.29, 1.82) is 0 Å². The SMILES string of the molecule is Cc1cc([S+]2c3ccccc3Oc3ccccc32)cc(C)c1OCC(=O)OC1(C(C)C)CCCC1. The summed E-state index contributed by atoms with van der Waals surface area (Å²) in [6.07, 6.45) is 4.12. The van der Waals surface area contributed by atoms with Crippen LogP contribution in [0.4, 0.5) is 0 Å². The number of esters is 1. The van der Waals surface area contributed by atoms with Gasteiger partial charge in [-0.15, -0.1) is 0 Å². The van der Waals surface area contributed by atoms with E-state index in [1.54, 1.807) is 0 Å². The Labute approximate surface area is 211 Å². The molecule has 0 radical (unpaired) electrons. The summed E-state index contributed by atoms with van der Waals surface area (Å²) >= 11 is 0. The van der Waals surface area contributed by atoms with E-state index in [1.165, 1.54) is 14.7 Å². The van der Waals surface area contributed by atoms with Crippen molar-refractivity contribution in [3.05, 3.63) is 71.8 Å². The lowest BCUT2D eigenvalue weighted by Gasteiger charge is -2.33. The van der Waals surface area contributed by atoms with E-state index in [0.29, 0.717) is 5.92 Å². The third-order valence-corrected chi connectivity index (χ3v) is 9.44. The van der Waals surface area contributed by atoms with Gasteiger partial charge >= 0.3 is 5.97 Å².